The van der Waals surface area contributed by atoms with Gasteiger partial charge in [-0.25, -0.2) is 0 Å². The molecular formula is C12H19ClO. The quantitative estimate of drug-likeness (QED) is 0.566. The molecule has 0 heterocycles. The topological polar surface area (TPSA) is 17.1 Å². The molecule has 0 amide bonds. The van der Waals surface area contributed by atoms with E-state index in [1.54, 1.807) is 0 Å². The van der Waals surface area contributed by atoms with Gasteiger partial charge >= 0.3 is 0 Å². The van der Waals surface area contributed by atoms with Gasteiger partial charge in [-0.15, -0.1) is 11.6 Å². The molecular weight excluding hydrogens is 196 g/mol. The van der Waals surface area contributed by atoms with Crippen LogP contribution in [-0.2, 0) is 4.79 Å². The highest BCUT2D eigenvalue weighted by molar-refractivity contribution is 6.31. The molecule has 0 saturated heterocycles. The van der Waals surface area contributed by atoms with Crippen LogP contribution in [-0.4, -0.2) is 11.2 Å². The van der Waals surface area contributed by atoms with Crippen LogP contribution in [0.1, 0.15) is 40.5 Å². The van der Waals surface area contributed by atoms with Gasteiger partial charge in [0.1, 0.15) is 0 Å². The van der Waals surface area contributed by atoms with Crippen molar-refractivity contribution in [1.82, 2.24) is 0 Å². The first-order valence-corrected chi connectivity index (χ1v) is 5.87. The summed E-state index contributed by atoms with van der Waals surface area (Å²) in [6.07, 6.45) is 1.88. The highest BCUT2D eigenvalue weighted by Crippen LogP contribution is 2.63. The van der Waals surface area contributed by atoms with Gasteiger partial charge in [0.15, 0.2) is 5.78 Å². The maximum absolute atomic E-state index is 11.8. The monoisotopic (exact) mass is 214 g/mol. The summed E-state index contributed by atoms with van der Waals surface area (Å²) in [4.78, 5) is 11.8. The second kappa shape index (κ2) is 2.75. The third-order valence-corrected chi connectivity index (χ3v) is 4.58. The van der Waals surface area contributed by atoms with Gasteiger partial charge < -0.3 is 0 Å². The predicted molar refractivity (Wildman–Crippen MR) is 58.4 cm³/mol. The first kappa shape index (κ1) is 10.5. The van der Waals surface area contributed by atoms with Crippen LogP contribution in [0.25, 0.3) is 0 Å². The fourth-order valence-corrected chi connectivity index (χ4v) is 4.54. The molecule has 2 rings (SSSR count). The van der Waals surface area contributed by atoms with Crippen molar-refractivity contribution in [2.75, 3.05) is 0 Å². The molecule has 2 fully saturated rings. The molecule has 0 radical (unpaired) electrons. The summed E-state index contributed by atoms with van der Waals surface area (Å²) in [7, 11) is 0. The SMILES string of the molecule is CC1(C)C[C@H](Cl)C(=O)[C@@H]2CC(C)(C)[C@@H]21. The summed E-state index contributed by atoms with van der Waals surface area (Å²) in [6, 6.07) is 0. The average molecular weight is 215 g/mol. The van der Waals surface area contributed by atoms with Crippen molar-refractivity contribution < 1.29 is 4.79 Å². The largest absolute Gasteiger partial charge is 0.298 e. The molecule has 0 unspecified atom stereocenters. The predicted octanol–water partition coefficient (Wildman–Crippen LogP) is 3.26. The van der Waals surface area contributed by atoms with E-state index in [-0.39, 0.29) is 16.7 Å². The Morgan fingerprint density at radius 1 is 1.14 bits per heavy atom. The Kier molecular flexibility index (Phi) is 2.06. The molecule has 2 saturated carbocycles. The number of carbonyl (C=O) groups excluding carboxylic acids is 1. The second-order valence-electron chi connectivity index (χ2n) is 6.34. The molecule has 0 N–H and O–H groups in total. The third kappa shape index (κ3) is 1.25. The van der Waals surface area contributed by atoms with Crippen molar-refractivity contribution in [2.24, 2.45) is 22.7 Å². The van der Waals surface area contributed by atoms with Crippen molar-refractivity contribution in [3.63, 3.8) is 0 Å². The summed E-state index contributed by atoms with van der Waals surface area (Å²) >= 11 is 6.09. The maximum atomic E-state index is 11.8. The average Bonchev–Trinajstić information content (AvgIpc) is 1.94. The third-order valence-electron chi connectivity index (χ3n) is 4.21. The molecule has 1 nitrogen and oxygen atoms in total. The number of alkyl halides is 1. The van der Waals surface area contributed by atoms with Crippen molar-refractivity contribution in [1.29, 1.82) is 0 Å². The molecule has 2 heteroatoms. The first-order chi connectivity index (χ1) is 6.26. The Bertz CT molecular complexity index is 280. The summed E-state index contributed by atoms with van der Waals surface area (Å²) < 4.78 is 0. The van der Waals surface area contributed by atoms with E-state index in [1.807, 2.05) is 0 Å². The highest BCUT2D eigenvalue weighted by Gasteiger charge is 2.60. The van der Waals surface area contributed by atoms with Gasteiger partial charge in [-0.3, -0.25) is 4.79 Å². The normalized spacial score (nSPS) is 44.1. The summed E-state index contributed by atoms with van der Waals surface area (Å²) in [6.45, 7) is 9.07. The lowest BCUT2D eigenvalue weighted by atomic mass is 9.43. The van der Waals surface area contributed by atoms with Gasteiger partial charge in [-0.2, -0.15) is 0 Å². The maximum Gasteiger partial charge on any atom is 0.154 e. The number of halogens is 1. The Hall–Kier alpha value is -0.0400. The number of carbonyl (C=O) groups is 1. The number of hydrogen-bond acceptors (Lipinski definition) is 1. The summed E-state index contributed by atoms with van der Waals surface area (Å²) in [5.41, 5.74) is 0.563. The molecule has 3 atom stereocenters. The Morgan fingerprint density at radius 3 is 2.14 bits per heavy atom. The fraction of sp³-hybridized carbons (Fsp3) is 0.917. The van der Waals surface area contributed by atoms with Crippen LogP contribution in [0.3, 0.4) is 0 Å². The molecule has 14 heavy (non-hydrogen) atoms. The Morgan fingerprint density at radius 2 is 1.64 bits per heavy atom. The number of fused-ring (bicyclic) bond motifs is 1. The van der Waals surface area contributed by atoms with Crippen molar-refractivity contribution in [3.05, 3.63) is 0 Å². The minimum absolute atomic E-state index is 0.229. The number of rotatable bonds is 0. The Balaban J connectivity index is 2.29. The van der Waals surface area contributed by atoms with Gasteiger partial charge in [0.25, 0.3) is 0 Å². The van der Waals surface area contributed by atoms with Gasteiger partial charge in [-0.05, 0) is 29.6 Å². The number of hydrogen-bond donors (Lipinski definition) is 0. The van der Waals surface area contributed by atoms with Crippen LogP contribution in [0, 0.1) is 22.7 Å². The molecule has 2 aliphatic carbocycles. The molecule has 0 spiro atoms. The second-order valence-corrected chi connectivity index (χ2v) is 6.87. The molecule has 2 aliphatic rings. The summed E-state index contributed by atoms with van der Waals surface area (Å²) in [5, 5.41) is -0.234. The van der Waals surface area contributed by atoms with Crippen LogP contribution in [0.15, 0.2) is 0 Å². The van der Waals surface area contributed by atoms with Gasteiger partial charge in [0.05, 0.1) is 5.38 Å². The van der Waals surface area contributed by atoms with Crippen molar-refractivity contribution >= 4 is 17.4 Å². The zero-order chi connectivity index (χ0) is 10.7. The molecule has 80 valence electrons. The fourth-order valence-electron chi connectivity index (χ4n) is 3.98. The first-order valence-electron chi connectivity index (χ1n) is 5.43. The van der Waals surface area contributed by atoms with E-state index < -0.39 is 0 Å². The molecule has 0 aromatic carbocycles. The standard InChI is InChI=1S/C12H19ClO/c1-11(2)5-7-9(14)8(13)6-12(3,4)10(7)11/h7-8,10H,5-6H2,1-4H3/t7-,8-,10+/m0/s1. The number of Topliss-reactive ketones (excluding diaryl/α,β-unsaturated/α-hetero) is 1. The van der Waals surface area contributed by atoms with E-state index in [1.165, 1.54) is 0 Å². The van der Waals surface area contributed by atoms with Gasteiger partial charge in [0.2, 0.25) is 0 Å². The minimum Gasteiger partial charge on any atom is -0.298 e. The molecule has 0 aromatic rings. The van der Waals surface area contributed by atoms with Gasteiger partial charge in [-0.1, -0.05) is 27.7 Å². The highest BCUT2D eigenvalue weighted by atomic mass is 35.5. The van der Waals surface area contributed by atoms with E-state index in [0.29, 0.717) is 17.1 Å². The molecule has 0 bridgehead atoms. The minimum atomic E-state index is -0.234. The van der Waals surface area contributed by atoms with Crippen LogP contribution in [0.2, 0.25) is 0 Å². The van der Waals surface area contributed by atoms with Crippen LogP contribution < -0.4 is 0 Å². The lowest BCUT2D eigenvalue weighted by Gasteiger charge is -2.61. The zero-order valence-corrected chi connectivity index (χ0v) is 10.2. The van der Waals surface area contributed by atoms with E-state index in [2.05, 4.69) is 27.7 Å². The lowest BCUT2D eigenvalue weighted by Crippen LogP contribution is -2.60. The lowest BCUT2D eigenvalue weighted by molar-refractivity contribution is -0.158. The Labute approximate surface area is 91.2 Å². The van der Waals surface area contributed by atoms with Crippen molar-refractivity contribution in [3.8, 4) is 0 Å². The van der Waals surface area contributed by atoms with Crippen LogP contribution >= 0.6 is 11.6 Å². The summed E-state index contributed by atoms with van der Waals surface area (Å²) in [5.74, 6) is 1.09. The van der Waals surface area contributed by atoms with Crippen LogP contribution in [0.4, 0.5) is 0 Å². The van der Waals surface area contributed by atoms with E-state index in [4.69, 9.17) is 11.6 Å². The molecule has 0 aliphatic heterocycles. The van der Waals surface area contributed by atoms with E-state index >= 15 is 0 Å². The molecule has 0 aromatic heterocycles. The van der Waals surface area contributed by atoms with E-state index in [0.717, 1.165) is 12.8 Å². The smallest absolute Gasteiger partial charge is 0.154 e. The van der Waals surface area contributed by atoms with Crippen LogP contribution in [0.5, 0.6) is 0 Å². The van der Waals surface area contributed by atoms with E-state index in [9.17, 15) is 4.79 Å². The van der Waals surface area contributed by atoms with Gasteiger partial charge in [0, 0.05) is 5.92 Å². The van der Waals surface area contributed by atoms with Crippen molar-refractivity contribution in [2.45, 2.75) is 45.9 Å². The number of ketones is 1. The zero-order valence-electron chi connectivity index (χ0n) is 9.43.